The molecular weight excluding hydrogens is 387 g/mol. The highest BCUT2D eigenvalue weighted by molar-refractivity contribution is 7.85. The lowest BCUT2D eigenvalue weighted by atomic mass is 10.2. The van der Waals surface area contributed by atoms with Crippen LogP contribution in [0.2, 0.25) is 0 Å². The van der Waals surface area contributed by atoms with Crippen LogP contribution in [0.3, 0.4) is 0 Å². The lowest BCUT2D eigenvalue weighted by Crippen LogP contribution is -2.20. The molecule has 0 saturated carbocycles. The third-order valence-electron chi connectivity index (χ3n) is 3.63. The maximum absolute atomic E-state index is 12.7. The van der Waals surface area contributed by atoms with Crippen LogP contribution in [0.5, 0.6) is 5.75 Å². The summed E-state index contributed by atoms with van der Waals surface area (Å²) >= 11 is 4.32. The normalized spacial score (nSPS) is 13.1. The highest BCUT2D eigenvalue weighted by atomic mass is 32.2. The molecule has 3 aromatic rings. The largest absolute Gasteiger partial charge is 0.484 e. The van der Waals surface area contributed by atoms with Crippen molar-refractivity contribution in [3.05, 3.63) is 47.8 Å². The summed E-state index contributed by atoms with van der Waals surface area (Å²) in [4.78, 5) is 8.42. The summed E-state index contributed by atoms with van der Waals surface area (Å²) in [6.45, 7) is 0.182. The topological polar surface area (TPSA) is 57.0 Å². The number of ether oxygens (including phenoxy) is 1. The molecular formula is C16H14F3N3O2S2. The standard InChI is InChI=1S/C16H14F3N3O2S2/c1-10-12(20-7-6-14(10)24-9-16(17,18)19)8-26(23)15-21-11-4-2-3-5-13(11)22(15)25/h2-7,25H,8-9H2,1H3. The highest BCUT2D eigenvalue weighted by Crippen LogP contribution is 2.26. The number of benzene rings is 1. The number of imidazole rings is 1. The zero-order chi connectivity index (χ0) is 18.9. The van der Waals surface area contributed by atoms with Crippen molar-refractivity contribution in [2.45, 2.75) is 24.0 Å². The Morgan fingerprint density at radius 1 is 1.27 bits per heavy atom. The van der Waals surface area contributed by atoms with E-state index in [1.165, 1.54) is 16.2 Å². The fourth-order valence-electron chi connectivity index (χ4n) is 2.35. The van der Waals surface area contributed by atoms with E-state index in [1.807, 2.05) is 12.1 Å². The van der Waals surface area contributed by atoms with Crippen molar-refractivity contribution in [3.8, 4) is 5.75 Å². The molecule has 0 aliphatic carbocycles. The SMILES string of the molecule is Cc1c(OCC(F)(F)F)ccnc1CS(=O)c1nc2ccccc2n1S. The third-order valence-corrected chi connectivity index (χ3v) is 5.39. The smallest absolute Gasteiger partial charge is 0.422 e. The fraction of sp³-hybridized carbons (Fsp3) is 0.250. The molecule has 0 radical (unpaired) electrons. The van der Waals surface area contributed by atoms with Crippen LogP contribution >= 0.6 is 12.8 Å². The van der Waals surface area contributed by atoms with Gasteiger partial charge in [-0.25, -0.2) is 4.98 Å². The second-order valence-electron chi connectivity index (χ2n) is 5.47. The number of thiol groups is 1. The van der Waals surface area contributed by atoms with Gasteiger partial charge in [0.05, 0.1) is 33.3 Å². The van der Waals surface area contributed by atoms with Gasteiger partial charge in [0.15, 0.2) is 6.61 Å². The molecule has 1 atom stereocenters. The van der Waals surface area contributed by atoms with Crippen LogP contribution in [0.15, 0.2) is 41.7 Å². The van der Waals surface area contributed by atoms with E-state index in [9.17, 15) is 17.4 Å². The van der Waals surface area contributed by atoms with E-state index < -0.39 is 23.6 Å². The monoisotopic (exact) mass is 401 g/mol. The molecule has 3 rings (SSSR count). The van der Waals surface area contributed by atoms with Crippen molar-refractivity contribution >= 4 is 34.6 Å². The van der Waals surface area contributed by atoms with Crippen molar-refractivity contribution in [1.82, 2.24) is 13.9 Å². The quantitative estimate of drug-likeness (QED) is 0.663. The lowest BCUT2D eigenvalue weighted by molar-refractivity contribution is -0.153. The molecule has 0 fully saturated rings. The number of para-hydroxylation sites is 2. The molecule has 0 amide bonds. The average Bonchev–Trinajstić information content (AvgIpc) is 2.92. The molecule has 2 aromatic heterocycles. The summed E-state index contributed by atoms with van der Waals surface area (Å²) in [5.41, 5.74) is 2.15. The van der Waals surface area contributed by atoms with E-state index in [0.717, 1.165) is 0 Å². The van der Waals surface area contributed by atoms with Gasteiger partial charge in [0, 0.05) is 11.8 Å². The molecule has 0 aliphatic rings. The van der Waals surface area contributed by atoms with Gasteiger partial charge in [0.25, 0.3) is 0 Å². The third kappa shape index (κ3) is 4.01. The number of aromatic nitrogens is 3. The van der Waals surface area contributed by atoms with Crippen molar-refractivity contribution in [3.63, 3.8) is 0 Å². The summed E-state index contributed by atoms with van der Waals surface area (Å²) in [6.07, 6.45) is -3.11. The van der Waals surface area contributed by atoms with Gasteiger partial charge in [-0.2, -0.15) is 13.2 Å². The van der Waals surface area contributed by atoms with Crippen LogP contribution in [-0.4, -0.2) is 30.9 Å². The molecule has 1 aromatic carbocycles. The van der Waals surface area contributed by atoms with Crippen molar-refractivity contribution in [1.29, 1.82) is 0 Å². The zero-order valence-corrected chi connectivity index (χ0v) is 15.2. The van der Waals surface area contributed by atoms with E-state index in [2.05, 4.69) is 22.8 Å². The fourth-order valence-corrected chi connectivity index (χ4v) is 3.99. The Labute approximate surface area is 155 Å². The Balaban J connectivity index is 1.84. The lowest BCUT2D eigenvalue weighted by Gasteiger charge is -2.13. The predicted molar refractivity (Wildman–Crippen MR) is 94.8 cm³/mol. The Morgan fingerprint density at radius 3 is 2.69 bits per heavy atom. The number of rotatable bonds is 5. The molecule has 0 aliphatic heterocycles. The summed E-state index contributed by atoms with van der Waals surface area (Å²) in [7, 11) is -1.58. The zero-order valence-electron chi connectivity index (χ0n) is 13.5. The number of halogens is 3. The van der Waals surface area contributed by atoms with Crippen molar-refractivity contribution in [2.75, 3.05) is 6.61 Å². The Morgan fingerprint density at radius 2 is 2.00 bits per heavy atom. The van der Waals surface area contributed by atoms with E-state index >= 15 is 0 Å². The first-order valence-corrected chi connectivity index (χ1v) is 9.17. The first kappa shape index (κ1) is 18.7. The Bertz CT molecular complexity index is 973. The Hall–Kier alpha value is -2.07. The highest BCUT2D eigenvalue weighted by Gasteiger charge is 2.29. The summed E-state index contributed by atoms with van der Waals surface area (Å²) in [5.74, 6) is 0.0440. The minimum Gasteiger partial charge on any atom is -0.484 e. The Kier molecular flexibility index (Phi) is 5.24. The van der Waals surface area contributed by atoms with Gasteiger partial charge in [-0.15, -0.1) is 0 Å². The van der Waals surface area contributed by atoms with Gasteiger partial charge in [-0.05, 0) is 25.1 Å². The molecule has 5 nitrogen and oxygen atoms in total. The molecule has 138 valence electrons. The molecule has 0 bridgehead atoms. The number of hydrogen-bond donors (Lipinski definition) is 1. The number of fused-ring (bicyclic) bond motifs is 1. The summed E-state index contributed by atoms with van der Waals surface area (Å²) in [5, 5.41) is 0.248. The summed E-state index contributed by atoms with van der Waals surface area (Å²) in [6, 6.07) is 8.55. The van der Waals surface area contributed by atoms with Gasteiger partial charge in [0.1, 0.15) is 5.75 Å². The van der Waals surface area contributed by atoms with Crippen LogP contribution in [0.4, 0.5) is 13.2 Å². The first-order valence-electron chi connectivity index (χ1n) is 7.45. The van der Waals surface area contributed by atoms with Gasteiger partial charge in [-0.1, -0.05) is 24.9 Å². The molecule has 0 spiro atoms. The minimum atomic E-state index is -4.43. The molecule has 26 heavy (non-hydrogen) atoms. The van der Waals surface area contributed by atoms with E-state index in [-0.39, 0.29) is 16.7 Å². The maximum atomic E-state index is 12.7. The van der Waals surface area contributed by atoms with Gasteiger partial charge >= 0.3 is 6.18 Å². The van der Waals surface area contributed by atoms with Crippen LogP contribution in [0.25, 0.3) is 11.0 Å². The molecule has 2 heterocycles. The molecule has 1 unspecified atom stereocenters. The van der Waals surface area contributed by atoms with Crippen molar-refractivity contribution < 1.29 is 22.1 Å². The molecule has 0 N–H and O–H groups in total. The second-order valence-corrected chi connectivity index (χ2v) is 7.21. The van der Waals surface area contributed by atoms with E-state index in [1.54, 1.807) is 19.1 Å². The van der Waals surface area contributed by atoms with E-state index in [4.69, 9.17) is 4.74 Å². The van der Waals surface area contributed by atoms with Gasteiger partial charge < -0.3 is 4.74 Å². The summed E-state index contributed by atoms with van der Waals surface area (Å²) < 4.78 is 56.0. The number of pyridine rings is 1. The van der Waals surface area contributed by atoms with Crippen molar-refractivity contribution in [2.24, 2.45) is 0 Å². The average molecular weight is 401 g/mol. The number of nitrogens with zero attached hydrogens (tertiary/aromatic N) is 3. The first-order chi connectivity index (χ1) is 12.3. The van der Waals surface area contributed by atoms with Gasteiger partial charge in [-0.3, -0.25) is 13.2 Å². The van der Waals surface area contributed by atoms with Crippen LogP contribution < -0.4 is 4.74 Å². The van der Waals surface area contributed by atoms with Crippen LogP contribution in [0.1, 0.15) is 11.3 Å². The molecule has 10 heteroatoms. The maximum Gasteiger partial charge on any atom is 0.422 e. The minimum absolute atomic E-state index is 0.0149. The van der Waals surface area contributed by atoms with Crippen LogP contribution in [-0.2, 0) is 16.6 Å². The van der Waals surface area contributed by atoms with E-state index in [0.29, 0.717) is 22.3 Å². The van der Waals surface area contributed by atoms with Gasteiger partial charge in [0.2, 0.25) is 5.16 Å². The predicted octanol–water partition coefficient (Wildman–Crippen LogP) is 3.68. The number of hydrogen-bond acceptors (Lipinski definition) is 5. The second kappa shape index (κ2) is 7.28. The van der Waals surface area contributed by atoms with Crippen LogP contribution in [0, 0.1) is 6.92 Å². The molecule has 0 saturated heterocycles. The number of alkyl halides is 3.